The van der Waals surface area contributed by atoms with E-state index in [1.54, 1.807) is 12.1 Å². The minimum absolute atomic E-state index is 0.0631. The quantitative estimate of drug-likeness (QED) is 0.662. The molecule has 0 fully saturated rings. The maximum absolute atomic E-state index is 11.3. The van der Waals surface area contributed by atoms with Gasteiger partial charge in [-0.1, -0.05) is 12.1 Å². The SMILES string of the molecule is CNCCC(=O)NCCc1ccc(O)cc1. The first-order chi connectivity index (χ1) is 7.72. The van der Waals surface area contributed by atoms with Crippen LogP contribution < -0.4 is 10.6 Å². The zero-order chi connectivity index (χ0) is 11.8. The van der Waals surface area contributed by atoms with Crippen molar-refractivity contribution in [3.05, 3.63) is 29.8 Å². The zero-order valence-electron chi connectivity index (χ0n) is 9.49. The Kier molecular flexibility index (Phi) is 5.36. The molecule has 88 valence electrons. The number of hydrogen-bond donors (Lipinski definition) is 3. The summed E-state index contributed by atoms with van der Waals surface area (Å²) in [5, 5.41) is 14.9. The Morgan fingerprint density at radius 1 is 1.25 bits per heavy atom. The monoisotopic (exact) mass is 222 g/mol. The Labute approximate surface area is 95.7 Å². The van der Waals surface area contributed by atoms with Gasteiger partial charge in [-0.3, -0.25) is 4.79 Å². The molecular formula is C12H18N2O2. The number of amides is 1. The predicted molar refractivity (Wildman–Crippen MR) is 63.4 cm³/mol. The molecule has 16 heavy (non-hydrogen) atoms. The molecule has 4 nitrogen and oxygen atoms in total. The molecule has 0 unspecified atom stereocenters. The molecule has 0 saturated carbocycles. The first kappa shape index (κ1) is 12.5. The smallest absolute Gasteiger partial charge is 0.221 e. The molecule has 1 rings (SSSR count). The fraction of sp³-hybridized carbons (Fsp3) is 0.417. The second-order valence-electron chi connectivity index (χ2n) is 3.62. The van der Waals surface area contributed by atoms with Crippen LogP contribution in [-0.4, -0.2) is 31.2 Å². The van der Waals surface area contributed by atoms with Crippen molar-refractivity contribution in [2.45, 2.75) is 12.8 Å². The van der Waals surface area contributed by atoms with Gasteiger partial charge in [0.1, 0.15) is 5.75 Å². The highest BCUT2D eigenvalue weighted by molar-refractivity contribution is 5.76. The van der Waals surface area contributed by atoms with E-state index < -0.39 is 0 Å². The lowest BCUT2D eigenvalue weighted by Crippen LogP contribution is -2.28. The number of phenolic OH excluding ortho intramolecular Hbond substituents is 1. The van der Waals surface area contributed by atoms with Gasteiger partial charge < -0.3 is 15.7 Å². The topological polar surface area (TPSA) is 61.4 Å². The summed E-state index contributed by atoms with van der Waals surface area (Å²) in [5.74, 6) is 0.329. The lowest BCUT2D eigenvalue weighted by Gasteiger charge is -2.05. The van der Waals surface area contributed by atoms with Crippen molar-refractivity contribution in [2.75, 3.05) is 20.1 Å². The summed E-state index contributed by atoms with van der Waals surface area (Å²) in [5.41, 5.74) is 1.10. The van der Waals surface area contributed by atoms with E-state index in [4.69, 9.17) is 5.11 Å². The number of nitrogens with one attached hydrogen (secondary N) is 2. The molecule has 0 aromatic heterocycles. The van der Waals surface area contributed by atoms with Gasteiger partial charge in [0.15, 0.2) is 0 Å². The van der Waals surface area contributed by atoms with Gasteiger partial charge in [-0.15, -0.1) is 0 Å². The van der Waals surface area contributed by atoms with Crippen molar-refractivity contribution in [3.63, 3.8) is 0 Å². The molecule has 1 aromatic rings. The highest BCUT2D eigenvalue weighted by atomic mass is 16.3. The van der Waals surface area contributed by atoms with Crippen LogP contribution in [-0.2, 0) is 11.2 Å². The van der Waals surface area contributed by atoms with Crippen molar-refractivity contribution >= 4 is 5.91 Å². The maximum atomic E-state index is 11.3. The number of carbonyl (C=O) groups excluding carboxylic acids is 1. The number of aromatic hydroxyl groups is 1. The van der Waals surface area contributed by atoms with Gasteiger partial charge in [0.2, 0.25) is 5.91 Å². The summed E-state index contributed by atoms with van der Waals surface area (Å²) in [6, 6.07) is 7.01. The average molecular weight is 222 g/mol. The molecule has 4 heteroatoms. The Morgan fingerprint density at radius 2 is 1.94 bits per heavy atom. The average Bonchev–Trinajstić information content (AvgIpc) is 2.29. The predicted octanol–water partition coefficient (Wildman–Crippen LogP) is 0.660. The van der Waals surface area contributed by atoms with Crippen LogP contribution in [0.4, 0.5) is 0 Å². The second kappa shape index (κ2) is 6.85. The van der Waals surface area contributed by atoms with E-state index in [-0.39, 0.29) is 11.7 Å². The van der Waals surface area contributed by atoms with Crippen LogP contribution in [0.2, 0.25) is 0 Å². The van der Waals surface area contributed by atoms with E-state index in [1.807, 2.05) is 19.2 Å². The third-order valence-electron chi connectivity index (χ3n) is 2.27. The minimum Gasteiger partial charge on any atom is -0.508 e. The molecule has 1 amide bonds. The van der Waals surface area contributed by atoms with Crippen LogP contribution in [0.5, 0.6) is 5.75 Å². The molecule has 0 atom stereocenters. The standard InChI is InChI=1S/C12H18N2O2/c1-13-8-7-12(16)14-9-6-10-2-4-11(15)5-3-10/h2-5,13,15H,6-9H2,1H3,(H,14,16). The highest BCUT2D eigenvalue weighted by Crippen LogP contribution is 2.09. The van der Waals surface area contributed by atoms with Gasteiger partial charge in [-0.2, -0.15) is 0 Å². The first-order valence-corrected chi connectivity index (χ1v) is 5.41. The van der Waals surface area contributed by atoms with E-state index in [0.29, 0.717) is 19.5 Å². The normalized spacial score (nSPS) is 10.1. The highest BCUT2D eigenvalue weighted by Gasteiger charge is 1.99. The zero-order valence-corrected chi connectivity index (χ0v) is 9.49. The molecule has 3 N–H and O–H groups in total. The van der Waals surface area contributed by atoms with Gasteiger partial charge in [0.25, 0.3) is 0 Å². The van der Waals surface area contributed by atoms with Crippen LogP contribution in [0.25, 0.3) is 0 Å². The second-order valence-corrected chi connectivity index (χ2v) is 3.62. The van der Waals surface area contributed by atoms with Crippen molar-refractivity contribution in [3.8, 4) is 5.75 Å². The summed E-state index contributed by atoms with van der Waals surface area (Å²) in [4.78, 5) is 11.3. The van der Waals surface area contributed by atoms with Crippen molar-refractivity contribution in [1.29, 1.82) is 0 Å². The Morgan fingerprint density at radius 3 is 2.56 bits per heavy atom. The van der Waals surface area contributed by atoms with Crippen LogP contribution >= 0.6 is 0 Å². The number of carbonyl (C=O) groups is 1. The Hall–Kier alpha value is -1.55. The van der Waals surface area contributed by atoms with Crippen LogP contribution in [0.3, 0.4) is 0 Å². The number of phenols is 1. The van der Waals surface area contributed by atoms with Crippen molar-refractivity contribution in [2.24, 2.45) is 0 Å². The van der Waals surface area contributed by atoms with Crippen LogP contribution in [0.15, 0.2) is 24.3 Å². The molecule has 0 bridgehead atoms. The fourth-order valence-corrected chi connectivity index (χ4v) is 1.34. The van der Waals surface area contributed by atoms with Gasteiger partial charge in [-0.05, 0) is 31.2 Å². The maximum Gasteiger partial charge on any atom is 0.221 e. The Balaban J connectivity index is 2.20. The molecule has 0 aliphatic heterocycles. The number of hydrogen-bond acceptors (Lipinski definition) is 3. The van der Waals surface area contributed by atoms with Gasteiger partial charge in [0.05, 0.1) is 0 Å². The molecule has 0 aliphatic rings. The molecule has 0 aliphatic carbocycles. The molecular weight excluding hydrogens is 204 g/mol. The lowest BCUT2D eigenvalue weighted by atomic mass is 10.1. The van der Waals surface area contributed by atoms with Gasteiger partial charge >= 0.3 is 0 Å². The van der Waals surface area contributed by atoms with Crippen molar-refractivity contribution in [1.82, 2.24) is 10.6 Å². The summed E-state index contributed by atoms with van der Waals surface area (Å²) < 4.78 is 0. The Bertz CT molecular complexity index is 322. The minimum atomic E-state index is 0.0631. The van der Waals surface area contributed by atoms with Crippen molar-refractivity contribution < 1.29 is 9.90 Å². The molecule has 1 aromatic carbocycles. The van der Waals surface area contributed by atoms with E-state index in [9.17, 15) is 4.79 Å². The van der Waals surface area contributed by atoms with Gasteiger partial charge in [0, 0.05) is 19.5 Å². The summed E-state index contributed by atoms with van der Waals surface area (Å²) in [6.45, 7) is 1.33. The van der Waals surface area contributed by atoms with Gasteiger partial charge in [-0.25, -0.2) is 0 Å². The third-order valence-corrected chi connectivity index (χ3v) is 2.27. The summed E-state index contributed by atoms with van der Waals surface area (Å²) >= 11 is 0. The molecule has 0 radical (unpaired) electrons. The molecule has 0 saturated heterocycles. The van der Waals surface area contributed by atoms with Crippen LogP contribution in [0.1, 0.15) is 12.0 Å². The van der Waals surface area contributed by atoms with E-state index in [0.717, 1.165) is 12.0 Å². The van der Waals surface area contributed by atoms with E-state index >= 15 is 0 Å². The van der Waals surface area contributed by atoms with Crippen LogP contribution in [0, 0.1) is 0 Å². The summed E-state index contributed by atoms with van der Waals surface area (Å²) in [7, 11) is 1.82. The largest absolute Gasteiger partial charge is 0.508 e. The van der Waals surface area contributed by atoms with E-state index in [2.05, 4.69) is 10.6 Å². The summed E-state index contributed by atoms with van der Waals surface area (Å²) in [6.07, 6.45) is 1.29. The fourth-order valence-electron chi connectivity index (χ4n) is 1.34. The molecule has 0 spiro atoms. The van der Waals surface area contributed by atoms with E-state index in [1.165, 1.54) is 0 Å². The number of rotatable bonds is 6. The third kappa shape index (κ3) is 4.79. The lowest BCUT2D eigenvalue weighted by molar-refractivity contribution is -0.120. The molecule has 0 heterocycles. The first-order valence-electron chi connectivity index (χ1n) is 5.41. The number of benzene rings is 1.